The molecule has 0 aliphatic heterocycles. The fourth-order valence-corrected chi connectivity index (χ4v) is 2.86. The van der Waals surface area contributed by atoms with E-state index >= 15 is 0 Å². The van der Waals surface area contributed by atoms with Crippen LogP contribution in [0.5, 0.6) is 0 Å². The first kappa shape index (κ1) is 22.4. The Labute approximate surface area is 178 Å². The number of rotatable bonds is 8. The van der Waals surface area contributed by atoms with Crippen LogP contribution >= 0.6 is 15.9 Å². The maximum absolute atomic E-state index is 12.8. The zero-order valence-electron chi connectivity index (χ0n) is 16.2. The zero-order chi connectivity index (χ0) is 21.4. The molecule has 3 N–H and O–H groups in total. The summed E-state index contributed by atoms with van der Waals surface area (Å²) in [6.07, 6.45) is 1.79. The summed E-state index contributed by atoms with van der Waals surface area (Å²) in [6, 6.07) is 14.6. The molecule has 7 heteroatoms. The van der Waals surface area contributed by atoms with Crippen LogP contribution in [0.2, 0.25) is 0 Å². The number of carboxylic acid groups (broad SMARTS) is 1. The minimum absolute atomic E-state index is 0.0313. The Bertz CT molecular complexity index is 893. The number of carbonyl (C=O) groups is 3. The van der Waals surface area contributed by atoms with E-state index in [0.29, 0.717) is 11.1 Å². The third-order valence-electron chi connectivity index (χ3n) is 4.02. The number of benzene rings is 2. The van der Waals surface area contributed by atoms with Crippen LogP contribution in [0.3, 0.4) is 0 Å². The van der Waals surface area contributed by atoms with Crippen molar-refractivity contribution in [3.63, 3.8) is 0 Å². The van der Waals surface area contributed by atoms with E-state index in [1.807, 2.05) is 13.8 Å². The predicted octanol–water partition coefficient (Wildman–Crippen LogP) is 3.84. The quantitative estimate of drug-likeness (QED) is 0.523. The van der Waals surface area contributed by atoms with Gasteiger partial charge in [-0.05, 0) is 48.2 Å². The highest BCUT2D eigenvalue weighted by atomic mass is 79.9. The number of halogens is 1. The van der Waals surface area contributed by atoms with Crippen LogP contribution < -0.4 is 10.6 Å². The Balaban J connectivity index is 2.30. The van der Waals surface area contributed by atoms with E-state index in [0.717, 1.165) is 4.47 Å². The van der Waals surface area contributed by atoms with Gasteiger partial charge in [-0.25, -0.2) is 4.79 Å². The van der Waals surface area contributed by atoms with Gasteiger partial charge < -0.3 is 15.7 Å². The fraction of sp³-hybridized carbons (Fsp3) is 0.227. The summed E-state index contributed by atoms with van der Waals surface area (Å²) in [7, 11) is 0. The van der Waals surface area contributed by atoms with Crippen LogP contribution in [0.25, 0.3) is 6.08 Å². The number of nitrogens with one attached hydrogen (secondary N) is 2. The third-order valence-corrected chi connectivity index (χ3v) is 4.55. The lowest BCUT2D eigenvalue weighted by atomic mass is 10.0. The second kappa shape index (κ2) is 10.6. The molecular weight excluding hydrogens is 436 g/mol. The summed E-state index contributed by atoms with van der Waals surface area (Å²) in [4.78, 5) is 36.9. The molecule has 2 aromatic carbocycles. The molecule has 0 saturated carbocycles. The fourth-order valence-electron chi connectivity index (χ4n) is 2.60. The van der Waals surface area contributed by atoms with E-state index in [1.165, 1.54) is 6.08 Å². The van der Waals surface area contributed by atoms with E-state index < -0.39 is 23.8 Å². The Morgan fingerprint density at radius 1 is 1.03 bits per heavy atom. The van der Waals surface area contributed by atoms with Crippen molar-refractivity contribution in [2.75, 3.05) is 0 Å². The molecule has 0 bridgehead atoms. The number of aliphatic carboxylic acids is 1. The molecule has 0 aliphatic carbocycles. The summed E-state index contributed by atoms with van der Waals surface area (Å²) in [5, 5.41) is 14.5. The van der Waals surface area contributed by atoms with Gasteiger partial charge in [0.05, 0.1) is 0 Å². The molecule has 152 valence electrons. The van der Waals surface area contributed by atoms with Crippen molar-refractivity contribution in [1.29, 1.82) is 0 Å². The van der Waals surface area contributed by atoms with Gasteiger partial charge in [0.25, 0.3) is 11.8 Å². The maximum Gasteiger partial charge on any atom is 0.326 e. The molecule has 0 heterocycles. The average Bonchev–Trinajstić information content (AvgIpc) is 2.68. The molecular formula is C22H23BrN2O4. The number of carbonyl (C=O) groups excluding carboxylic acids is 2. The van der Waals surface area contributed by atoms with Crippen LogP contribution in [0.1, 0.15) is 36.2 Å². The van der Waals surface area contributed by atoms with Gasteiger partial charge in [-0.3, -0.25) is 9.59 Å². The topological polar surface area (TPSA) is 95.5 Å². The molecule has 6 nitrogen and oxygen atoms in total. The smallest absolute Gasteiger partial charge is 0.326 e. The van der Waals surface area contributed by atoms with Crippen molar-refractivity contribution < 1.29 is 19.5 Å². The number of carboxylic acids is 1. The first-order valence-electron chi connectivity index (χ1n) is 9.13. The van der Waals surface area contributed by atoms with E-state index in [1.54, 1.807) is 54.6 Å². The second-order valence-electron chi connectivity index (χ2n) is 6.92. The van der Waals surface area contributed by atoms with E-state index in [9.17, 15) is 19.5 Å². The molecule has 2 aromatic rings. The molecule has 0 radical (unpaired) electrons. The maximum atomic E-state index is 12.8. The van der Waals surface area contributed by atoms with E-state index in [4.69, 9.17) is 0 Å². The third kappa shape index (κ3) is 7.19. The molecule has 2 rings (SSSR count). The van der Waals surface area contributed by atoms with Crippen molar-refractivity contribution in [3.8, 4) is 0 Å². The minimum Gasteiger partial charge on any atom is -0.480 e. The van der Waals surface area contributed by atoms with Crippen molar-refractivity contribution in [2.45, 2.75) is 26.3 Å². The molecule has 29 heavy (non-hydrogen) atoms. The second-order valence-corrected chi connectivity index (χ2v) is 7.84. The van der Waals surface area contributed by atoms with Gasteiger partial charge in [-0.1, -0.05) is 60.1 Å². The van der Waals surface area contributed by atoms with Gasteiger partial charge in [0.2, 0.25) is 0 Å². The molecule has 0 fully saturated rings. The Kier molecular flexibility index (Phi) is 8.15. The highest BCUT2D eigenvalue weighted by Gasteiger charge is 2.24. The number of amides is 2. The van der Waals surface area contributed by atoms with Gasteiger partial charge in [-0.2, -0.15) is 0 Å². The van der Waals surface area contributed by atoms with Gasteiger partial charge >= 0.3 is 5.97 Å². The summed E-state index contributed by atoms with van der Waals surface area (Å²) in [6.45, 7) is 3.75. The van der Waals surface area contributed by atoms with Crippen molar-refractivity contribution in [2.24, 2.45) is 5.92 Å². The lowest BCUT2D eigenvalue weighted by Gasteiger charge is -2.18. The van der Waals surface area contributed by atoms with Gasteiger partial charge in [0.15, 0.2) is 0 Å². The summed E-state index contributed by atoms with van der Waals surface area (Å²) in [5.74, 6) is -2.16. The highest BCUT2D eigenvalue weighted by molar-refractivity contribution is 9.10. The molecule has 0 aromatic heterocycles. The van der Waals surface area contributed by atoms with Crippen LogP contribution in [-0.2, 0) is 9.59 Å². The van der Waals surface area contributed by atoms with Crippen molar-refractivity contribution in [3.05, 3.63) is 75.9 Å². The zero-order valence-corrected chi connectivity index (χ0v) is 17.8. The van der Waals surface area contributed by atoms with Crippen LogP contribution in [0, 0.1) is 5.92 Å². The Hall–Kier alpha value is -2.93. The molecule has 2 amide bonds. The average molecular weight is 459 g/mol. The molecule has 0 spiro atoms. The van der Waals surface area contributed by atoms with Gasteiger partial charge in [0.1, 0.15) is 11.7 Å². The Morgan fingerprint density at radius 3 is 2.21 bits per heavy atom. The largest absolute Gasteiger partial charge is 0.480 e. The van der Waals surface area contributed by atoms with Crippen molar-refractivity contribution >= 4 is 39.8 Å². The summed E-state index contributed by atoms with van der Waals surface area (Å²) < 4.78 is 0.872. The molecule has 1 atom stereocenters. The minimum atomic E-state index is -1.12. The monoisotopic (exact) mass is 458 g/mol. The number of hydrogen-bond acceptors (Lipinski definition) is 3. The highest BCUT2D eigenvalue weighted by Crippen LogP contribution is 2.14. The summed E-state index contributed by atoms with van der Waals surface area (Å²) >= 11 is 3.35. The summed E-state index contributed by atoms with van der Waals surface area (Å²) in [5.41, 5.74) is 1.04. The van der Waals surface area contributed by atoms with Gasteiger partial charge in [-0.15, -0.1) is 0 Å². The normalized spacial score (nSPS) is 12.3. The lowest BCUT2D eigenvalue weighted by Crippen LogP contribution is -2.45. The number of hydrogen-bond donors (Lipinski definition) is 3. The molecule has 0 saturated heterocycles. The molecule has 1 unspecified atom stereocenters. The first-order chi connectivity index (χ1) is 13.8. The van der Waals surface area contributed by atoms with E-state index in [-0.39, 0.29) is 18.0 Å². The van der Waals surface area contributed by atoms with Crippen LogP contribution in [-0.4, -0.2) is 28.9 Å². The van der Waals surface area contributed by atoms with Gasteiger partial charge in [0, 0.05) is 10.0 Å². The van der Waals surface area contributed by atoms with Crippen LogP contribution in [0.15, 0.2) is 64.8 Å². The van der Waals surface area contributed by atoms with Crippen molar-refractivity contribution in [1.82, 2.24) is 10.6 Å². The van der Waals surface area contributed by atoms with Crippen LogP contribution in [0.4, 0.5) is 0 Å². The first-order valence-corrected chi connectivity index (χ1v) is 9.93. The Morgan fingerprint density at radius 2 is 1.66 bits per heavy atom. The standard InChI is InChI=1S/C22H23BrN2O4/c1-14(2)12-19(22(28)29)25-21(27)18(13-15-8-10-17(23)11-9-15)24-20(26)16-6-4-3-5-7-16/h3-11,13-14,19H,12H2,1-2H3,(H,24,26)(H,25,27)(H,28,29)/b18-13-. The lowest BCUT2D eigenvalue weighted by molar-refractivity contribution is -0.141. The SMILES string of the molecule is CC(C)CC(NC(=O)/C(=C/c1ccc(Br)cc1)NC(=O)c1ccccc1)C(=O)O. The predicted molar refractivity (Wildman–Crippen MR) is 115 cm³/mol. The van der Waals surface area contributed by atoms with E-state index in [2.05, 4.69) is 26.6 Å². The molecule has 0 aliphatic rings.